The van der Waals surface area contributed by atoms with Crippen molar-refractivity contribution in [3.05, 3.63) is 69.5 Å². The lowest BCUT2D eigenvalue weighted by Crippen LogP contribution is -2.54. The molecule has 2 saturated heterocycles. The molecule has 1 unspecified atom stereocenters. The van der Waals surface area contributed by atoms with Crippen molar-refractivity contribution >= 4 is 34.1 Å². The van der Waals surface area contributed by atoms with Gasteiger partial charge >= 0.3 is 0 Å². The Balaban J connectivity index is 1.59. The number of benzene rings is 2. The summed E-state index contributed by atoms with van der Waals surface area (Å²) in [6, 6.07) is 6.43. The fraction of sp³-hybridized carbons (Fsp3) is 0.387. The number of aromatic nitrogens is 1. The van der Waals surface area contributed by atoms with Crippen molar-refractivity contribution < 1.29 is 18.3 Å². The highest BCUT2D eigenvalue weighted by Gasteiger charge is 2.36. The van der Waals surface area contributed by atoms with Gasteiger partial charge in [0.2, 0.25) is 5.91 Å². The number of anilines is 1. The summed E-state index contributed by atoms with van der Waals surface area (Å²) in [4.78, 5) is 32.4. The molecule has 3 aliphatic heterocycles. The van der Waals surface area contributed by atoms with Crippen molar-refractivity contribution in [2.75, 3.05) is 50.8 Å². The van der Waals surface area contributed by atoms with Gasteiger partial charge in [-0.1, -0.05) is 18.2 Å². The van der Waals surface area contributed by atoms with E-state index in [1.807, 2.05) is 11.8 Å². The first-order chi connectivity index (χ1) is 20.2. The molecular formula is C31H30ClF2N5O3. The van der Waals surface area contributed by atoms with E-state index >= 15 is 4.39 Å². The Morgan fingerprint density at radius 1 is 1.24 bits per heavy atom. The Labute approximate surface area is 246 Å². The first kappa shape index (κ1) is 28.2. The molecule has 218 valence electrons. The van der Waals surface area contributed by atoms with Crippen molar-refractivity contribution in [2.45, 2.75) is 31.8 Å². The number of carbonyl (C=O) groups is 1. The number of nitrogens with zero attached hydrogens (tertiary/aromatic N) is 5. The number of pyridine rings is 1. The quantitative estimate of drug-likeness (QED) is 0.385. The van der Waals surface area contributed by atoms with E-state index in [-0.39, 0.29) is 52.1 Å². The predicted octanol–water partition coefficient (Wildman–Crippen LogP) is 4.72. The molecule has 2 atom stereocenters. The third-order valence-electron chi connectivity index (χ3n) is 8.60. The van der Waals surface area contributed by atoms with Gasteiger partial charge in [-0.2, -0.15) is 5.26 Å². The van der Waals surface area contributed by atoms with Gasteiger partial charge in [-0.15, -0.1) is 0 Å². The van der Waals surface area contributed by atoms with Crippen molar-refractivity contribution in [1.82, 2.24) is 14.4 Å². The number of nitriles is 1. The Kier molecular flexibility index (Phi) is 7.41. The minimum atomic E-state index is -0.810. The van der Waals surface area contributed by atoms with E-state index in [0.717, 1.165) is 38.2 Å². The highest BCUT2D eigenvalue weighted by atomic mass is 35.5. The summed E-state index contributed by atoms with van der Waals surface area (Å²) in [5.41, 5.74) is 0.634. The lowest BCUT2D eigenvalue weighted by atomic mass is 9.96. The summed E-state index contributed by atoms with van der Waals surface area (Å²) in [5.74, 6) is -1.50. The van der Waals surface area contributed by atoms with Crippen LogP contribution in [0.4, 0.5) is 14.5 Å². The summed E-state index contributed by atoms with van der Waals surface area (Å²) in [5, 5.41) is 11.0. The topological polar surface area (TPSA) is 81.8 Å². The molecule has 3 aromatic rings. The van der Waals surface area contributed by atoms with Gasteiger partial charge in [0, 0.05) is 54.8 Å². The summed E-state index contributed by atoms with van der Waals surface area (Å²) >= 11 is 6.84. The molecule has 11 heteroatoms. The fourth-order valence-electron chi connectivity index (χ4n) is 6.35. The van der Waals surface area contributed by atoms with Crippen molar-refractivity contribution in [3.63, 3.8) is 0 Å². The number of amides is 1. The zero-order valence-corrected chi connectivity index (χ0v) is 24.0. The van der Waals surface area contributed by atoms with E-state index in [2.05, 4.69) is 17.5 Å². The second kappa shape index (κ2) is 11.0. The van der Waals surface area contributed by atoms with Crippen LogP contribution in [0.3, 0.4) is 0 Å². The maximum Gasteiger partial charge on any atom is 0.271 e. The van der Waals surface area contributed by atoms with Crippen LogP contribution in [0.2, 0.25) is 5.02 Å². The zero-order chi connectivity index (χ0) is 29.7. The molecule has 4 heterocycles. The first-order valence-corrected chi connectivity index (χ1v) is 14.4. The third-order valence-corrected chi connectivity index (χ3v) is 8.90. The smallest absolute Gasteiger partial charge is 0.271 e. The highest BCUT2D eigenvalue weighted by molar-refractivity contribution is 6.35. The lowest BCUT2D eigenvalue weighted by Gasteiger charge is -2.42. The Hall–Kier alpha value is -3.94. The van der Waals surface area contributed by atoms with Crippen LogP contribution in [0, 0.1) is 23.0 Å². The number of rotatable bonds is 6. The molecule has 1 amide bonds. The van der Waals surface area contributed by atoms with Gasteiger partial charge in [0.15, 0.2) is 5.75 Å². The van der Waals surface area contributed by atoms with Crippen LogP contribution in [0.25, 0.3) is 22.0 Å². The van der Waals surface area contributed by atoms with E-state index in [4.69, 9.17) is 16.3 Å². The van der Waals surface area contributed by atoms with E-state index in [9.17, 15) is 19.2 Å². The first-order valence-electron chi connectivity index (χ1n) is 14.1. The van der Waals surface area contributed by atoms with Crippen LogP contribution in [-0.4, -0.2) is 72.2 Å². The number of ether oxygens (including phenoxy) is 1. The van der Waals surface area contributed by atoms with Crippen molar-refractivity contribution in [3.8, 4) is 22.9 Å². The molecule has 42 heavy (non-hydrogen) atoms. The summed E-state index contributed by atoms with van der Waals surface area (Å²) in [6.07, 6.45) is 3.03. The van der Waals surface area contributed by atoms with Gasteiger partial charge in [0.1, 0.15) is 29.9 Å². The van der Waals surface area contributed by atoms with E-state index in [1.54, 1.807) is 15.5 Å². The lowest BCUT2D eigenvalue weighted by molar-refractivity contribution is -0.126. The Bertz CT molecular complexity index is 1710. The van der Waals surface area contributed by atoms with E-state index < -0.39 is 17.2 Å². The van der Waals surface area contributed by atoms with Crippen LogP contribution < -0.4 is 15.2 Å². The Morgan fingerprint density at radius 3 is 2.67 bits per heavy atom. The predicted molar refractivity (Wildman–Crippen MR) is 157 cm³/mol. The molecule has 0 N–H and O–H groups in total. The zero-order valence-electron chi connectivity index (χ0n) is 23.2. The molecule has 0 saturated carbocycles. The molecular weight excluding hydrogens is 564 g/mol. The number of hydrogen-bond donors (Lipinski definition) is 0. The maximum absolute atomic E-state index is 15.1. The van der Waals surface area contributed by atoms with Crippen LogP contribution >= 0.6 is 11.6 Å². The third kappa shape index (κ3) is 4.61. The van der Waals surface area contributed by atoms with E-state index in [0.29, 0.717) is 42.6 Å². The van der Waals surface area contributed by atoms with Crippen LogP contribution in [0.5, 0.6) is 5.75 Å². The van der Waals surface area contributed by atoms with Gasteiger partial charge in [0.05, 0.1) is 22.3 Å². The molecule has 0 radical (unpaired) electrons. The molecule has 6 rings (SSSR count). The summed E-state index contributed by atoms with van der Waals surface area (Å²) in [7, 11) is 0. The van der Waals surface area contributed by atoms with Crippen molar-refractivity contribution in [2.24, 2.45) is 0 Å². The number of hydrogen-bond acceptors (Lipinski definition) is 6. The molecule has 2 fully saturated rings. The van der Waals surface area contributed by atoms with Crippen molar-refractivity contribution in [1.29, 1.82) is 5.26 Å². The molecule has 0 spiro atoms. The highest BCUT2D eigenvalue weighted by Crippen LogP contribution is 2.48. The van der Waals surface area contributed by atoms with Gasteiger partial charge in [-0.3, -0.25) is 14.2 Å². The van der Waals surface area contributed by atoms with Gasteiger partial charge in [0.25, 0.3) is 5.56 Å². The monoisotopic (exact) mass is 593 g/mol. The fourth-order valence-corrected chi connectivity index (χ4v) is 6.64. The average molecular weight is 594 g/mol. The molecule has 3 aliphatic rings. The average Bonchev–Trinajstić information content (AvgIpc) is 2.94. The maximum atomic E-state index is 15.1. The summed E-state index contributed by atoms with van der Waals surface area (Å²) in [6.45, 7) is 9.51. The van der Waals surface area contributed by atoms with Gasteiger partial charge in [-0.05, 0) is 57.1 Å². The number of halogens is 3. The largest absolute Gasteiger partial charge is 0.488 e. The van der Waals surface area contributed by atoms with Crippen LogP contribution in [-0.2, 0) is 4.79 Å². The molecule has 0 aliphatic carbocycles. The van der Waals surface area contributed by atoms with Crippen LogP contribution in [0.1, 0.15) is 31.4 Å². The normalized spacial score (nSPS) is 20.2. The van der Waals surface area contributed by atoms with Crippen LogP contribution in [0.15, 0.2) is 41.7 Å². The second-order valence-corrected chi connectivity index (χ2v) is 11.5. The molecule has 2 aromatic carbocycles. The minimum Gasteiger partial charge on any atom is -0.488 e. The van der Waals surface area contributed by atoms with Gasteiger partial charge in [-0.25, -0.2) is 8.78 Å². The number of likely N-dealkylation sites (tertiary alicyclic amines) is 1. The standard InChI is InChI=1S/C31H30ClF2N5O3/c1-3-26(40)37-11-12-38(18(2)16-37)28-22-14-24(32)27(21-6-5-19(33)13-25(21)34)30-29(22)39(31(41)23(28)15-35)20(17-42-30)7-10-36-8-4-9-36/h3,5-6,13-14,18,20H,1,4,7-12,16-17H2,2H3/t18-,20?/m0/s1. The molecule has 8 nitrogen and oxygen atoms in total. The van der Waals surface area contributed by atoms with Gasteiger partial charge < -0.3 is 19.4 Å². The number of carbonyl (C=O) groups excluding carboxylic acids is 1. The number of piperazine rings is 1. The second-order valence-electron chi connectivity index (χ2n) is 11.1. The molecule has 0 bridgehead atoms. The minimum absolute atomic E-state index is 0.0172. The van der Waals surface area contributed by atoms with E-state index in [1.165, 1.54) is 12.1 Å². The summed E-state index contributed by atoms with van der Waals surface area (Å²) < 4.78 is 36.9. The molecule has 1 aromatic heterocycles. The Morgan fingerprint density at radius 2 is 2.02 bits per heavy atom. The SMILES string of the molecule is C=CC(=O)N1CCN(c2c(C#N)c(=O)n3c4c(c(-c5ccc(F)cc5F)c(Cl)cc24)OCC3CCN2CCC2)[C@@H](C)C1.